The lowest BCUT2D eigenvalue weighted by atomic mass is 10.2. The highest BCUT2D eigenvalue weighted by atomic mass is 35.5. The number of rotatable bonds is 6. The fourth-order valence-corrected chi connectivity index (χ4v) is 3.53. The molecule has 150 valence electrons. The Hall–Kier alpha value is -2.65. The molecule has 0 aliphatic rings. The van der Waals surface area contributed by atoms with Crippen LogP contribution in [0.25, 0.3) is 0 Å². The van der Waals surface area contributed by atoms with E-state index in [0.717, 1.165) is 0 Å². The van der Waals surface area contributed by atoms with Crippen molar-refractivity contribution in [2.24, 2.45) is 5.14 Å². The second-order valence-electron chi connectivity index (χ2n) is 5.94. The van der Waals surface area contributed by atoms with Crippen LogP contribution in [0, 0.1) is 0 Å². The van der Waals surface area contributed by atoms with Crippen molar-refractivity contribution in [2.45, 2.75) is 11.3 Å². The van der Waals surface area contributed by atoms with Crippen LogP contribution in [0.15, 0.2) is 65.7 Å². The Morgan fingerprint density at radius 2 is 1.90 bits per heavy atom. The Bertz CT molecular complexity index is 1170. The molecule has 3 N–H and O–H groups in total. The van der Waals surface area contributed by atoms with Gasteiger partial charge in [-0.05, 0) is 48.0 Å². The lowest BCUT2D eigenvalue weighted by Crippen LogP contribution is -2.17. The molecule has 1 heterocycles. The van der Waals surface area contributed by atoms with Crippen molar-refractivity contribution in [3.05, 3.63) is 76.5 Å². The summed E-state index contributed by atoms with van der Waals surface area (Å²) >= 11 is 11.9. The number of amides is 1. The fourth-order valence-electron chi connectivity index (χ4n) is 2.48. The molecule has 0 saturated heterocycles. The Morgan fingerprint density at radius 1 is 1.10 bits per heavy atom. The number of nitrogens with one attached hydrogen (secondary N) is 1. The molecule has 0 radical (unpaired) electrons. The van der Waals surface area contributed by atoms with Crippen molar-refractivity contribution in [2.75, 3.05) is 5.32 Å². The maximum Gasteiger partial charge on any atom is 0.241 e. The van der Waals surface area contributed by atoms with Gasteiger partial charge in [-0.2, -0.15) is 0 Å². The molecule has 0 spiro atoms. The number of aromatic nitrogens is 1. The number of benzene rings is 2. The van der Waals surface area contributed by atoms with Crippen molar-refractivity contribution in [3.63, 3.8) is 0 Å². The minimum atomic E-state index is -4.13. The summed E-state index contributed by atoms with van der Waals surface area (Å²) in [5, 5.41) is 8.57. The molecule has 0 aliphatic heterocycles. The van der Waals surface area contributed by atoms with E-state index in [4.69, 9.17) is 33.1 Å². The van der Waals surface area contributed by atoms with E-state index in [2.05, 4.69) is 10.3 Å². The number of nitrogens with zero attached hydrogens (tertiary/aromatic N) is 1. The largest absolute Gasteiger partial charge is 0.456 e. The normalized spacial score (nSPS) is 11.1. The van der Waals surface area contributed by atoms with Gasteiger partial charge in [0.2, 0.25) is 15.9 Å². The molecular formula is C19H15Cl2N3O4S. The SMILES string of the molecule is NS(=O)(=O)c1cc(NC(=O)Cc2cccnc2Cl)ccc1Oc1cccc(Cl)c1. The number of primary sulfonamides is 1. The molecule has 0 atom stereocenters. The standard InChI is InChI=1S/C19H15Cl2N3O4S/c20-13-4-1-5-15(10-13)28-16-7-6-14(11-17(16)29(22,26)27)24-18(25)9-12-3-2-8-23-19(12)21/h1-8,10-11H,9H2,(H,24,25)(H2,22,26,27). The zero-order valence-electron chi connectivity index (χ0n) is 14.8. The van der Waals surface area contributed by atoms with Crippen LogP contribution in [-0.2, 0) is 21.2 Å². The summed E-state index contributed by atoms with van der Waals surface area (Å²) in [6.45, 7) is 0. The van der Waals surface area contributed by atoms with E-state index in [1.54, 1.807) is 30.3 Å². The molecule has 1 aromatic heterocycles. The summed E-state index contributed by atoms with van der Waals surface area (Å²) in [6.07, 6.45) is 1.49. The van der Waals surface area contributed by atoms with E-state index in [1.165, 1.54) is 30.5 Å². The summed E-state index contributed by atoms with van der Waals surface area (Å²) in [5.41, 5.74) is 0.775. The van der Waals surface area contributed by atoms with Gasteiger partial charge in [0.1, 0.15) is 21.5 Å². The predicted octanol–water partition coefficient (Wildman–Crippen LogP) is 4.01. The van der Waals surface area contributed by atoms with Gasteiger partial charge in [0.05, 0.1) is 6.42 Å². The van der Waals surface area contributed by atoms with Crippen molar-refractivity contribution in [1.82, 2.24) is 4.98 Å². The summed E-state index contributed by atoms with van der Waals surface area (Å²) in [7, 11) is -4.13. The van der Waals surface area contributed by atoms with Crippen LogP contribution in [0.4, 0.5) is 5.69 Å². The molecule has 0 unspecified atom stereocenters. The quantitative estimate of drug-likeness (QED) is 0.549. The number of anilines is 1. The first kappa shape index (κ1) is 21.1. The van der Waals surface area contributed by atoms with Crippen molar-refractivity contribution < 1.29 is 17.9 Å². The molecule has 10 heteroatoms. The number of carbonyl (C=O) groups is 1. The number of nitrogens with two attached hydrogens (primary N) is 1. The van der Waals surface area contributed by atoms with Gasteiger partial charge in [0, 0.05) is 16.9 Å². The zero-order valence-corrected chi connectivity index (χ0v) is 17.1. The highest BCUT2D eigenvalue weighted by Crippen LogP contribution is 2.31. The lowest BCUT2D eigenvalue weighted by Gasteiger charge is -2.13. The third-order valence-electron chi connectivity index (χ3n) is 3.75. The number of pyridine rings is 1. The monoisotopic (exact) mass is 451 g/mol. The second kappa shape index (κ2) is 8.79. The summed E-state index contributed by atoms with van der Waals surface area (Å²) in [6, 6.07) is 13.9. The first-order chi connectivity index (χ1) is 13.7. The van der Waals surface area contributed by atoms with E-state index in [9.17, 15) is 13.2 Å². The molecule has 0 bridgehead atoms. The molecule has 0 fully saturated rings. The molecule has 7 nitrogen and oxygen atoms in total. The zero-order chi connectivity index (χ0) is 21.0. The minimum Gasteiger partial charge on any atom is -0.456 e. The predicted molar refractivity (Wildman–Crippen MR) is 111 cm³/mol. The minimum absolute atomic E-state index is 0.00284. The third kappa shape index (κ3) is 5.68. The fraction of sp³-hybridized carbons (Fsp3) is 0.0526. The lowest BCUT2D eigenvalue weighted by molar-refractivity contribution is -0.115. The van der Waals surface area contributed by atoms with Gasteiger partial charge in [0.25, 0.3) is 0 Å². The van der Waals surface area contributed by atoms with Crippen molar-refractivity contribution in [3.8, 4) is 11.5 Å². The summed E-state index contributed by atoms with van der Waals surface area (Å²) < 4.78 is 29.6. The maximum atomic E-state index is 12.3. The van der Waals surface area contributed by atoms with Crippen LogP contribution in [0.1, 0.15) is 5.56 Å². The number of hydrogen-bond acceptors (Lipinski definition) is 5. The van der Waals surface area contributed by atoms with E-state index in [1.807, 2.05) is 0 Å². The first-order valence-electron chi connectivity index (χ1n) is 8.22. The molecule has 2 aromatic carbocycles. The van der Waals surface area contributed by atoms with Crippen molar-refractivity contribution in [1.29, 1.82) is 0 Å². The number of halogens is 2. The maximum absolute atomic E-state index is 12.3. The van der Waals surface area contributed by atoms with Crippen LogP contribution in [0.5, 0.6) is 11.5 Å². The van der Waals surface area contributed by atoms with E-state index >= 15 is 0 Å². The molecule has 3 rings (SSSR count). The Morgan fingerprint density at radius 3 is 2.59 bits per heavy atom. The molecule has 29 heavy (non-hydrogen) atoms. The molecule has 3 aromatic rings. The van der Waals surface area contributed by atoms with E-state index in [0.29, 0.717) is 16.3 Å². The average Bonchev–Trinajstić information content (AvgIpc) is 2.64. The number of sulfonamides is 1. The summed E-state index contributed by atoms with van der Waals surface area (Å²) in [5.74, 6) is -0.0581. The second-order valence-corrected chi connectivity index (χ2v) is 8.27. The molecular weight excluding hydrogens is 437 g/mol. The van der Waals surface area contributed by atoms with Gasteiger partial charge >= 0.3 is 0 Å². The van der Waals surface area contributed by atoms with Crippen LogP contribution < -0.4 is 15.2 Å². The van der Waals surface area contributed by atoms with E-state index in [-0.39, 0.29) is 27.9 Å². The molecule has 0 saturated carbocycles. The van der Waals surface area contributed by atoms with Gasteiger partial charge in [-0.1, -0.05) is 35.3 Å². The van der Waals surface area contributed by atoms with E-state index < -0.39 is 15.9 Å². The van der Waals surface area contributed by atoms with Crippen LogP contribution in [-0.4, -0.2) is 19.3 Å². The topological polar surface area (TPSA) is 111 Å². The Labute approximate surface area is 177 Å². The smallest absolute Gasteiger partial charge is 0.241 e. The number of hydrogen-bond donors (Lipinski definition) is 2. The molecule has 0 aliphatic carbocycles. The average molecular weight is 452 g/mol. The highest BCUT2D eigenvalue weighted by Gasteiger charge is 2.18. The van der Waals surface area contributed by atoms with Gasteiger partial charge in [-0.25, -0.2) is 18.5 Å². The Kier molecular flexibility index (Phi) is 6.39. The van der Waals surface area contributed by atoms with Crippen LogP contribution in [0.3, 0.4) is 0 Å². The number of carbonyl (C=O) groups excluding carboxylic acids is 1. The van der Waals surface area contributed by atoms with Crippen LogP contribution >= 0.6 is 23.2 Å². The third-order valence-corrected chi connectivity index (χ3v) is 5.25. The Balaban J connectivity index is 1.84. The highest BCUT2D eigenvalue weighted by molar-refractivity contribution is 7.89. The van der Waals surface area contributed by atoms with Crippen LogP contribution in [0.2, 0.25) is 10.2 Å². The molecule has 1 amide bonds. The van der Waals surface area contributed by atoms with Crippen molar-refractivity contribution >= 4 is 44.8 Å². The van der Waals surface area contributed by atoms with Gasteiger partial charge < -0.3 is 10.1 Å². The number of ether oxygens (including phenoxy) is 1. The van der Waals surface area contributed by atoms with Gasteiger partial charge in [-0.15, -0.1) is 0 Å². The van der Waals surface area contributed by atoms with Gasteiger partial charge in [0.15, 0.2) is 0 Å². The summed E-state index contributed by atoms with van der Waals surface area (Å²) in [4.78, 5) is 15.9. The van der Waals surface area contributed by atoms with Gasteiger partial charge in [-0.3, -0.25) is 4.79 Å². The first-order valence-corrected chi connectivity index (χ1v) is 10.5.